The molecule has 0 radical (unpaired) electrons. The van der Waals surface area contributed by atoms with Gasteiger partial charge < -0.3 is 5.32 Å². The molecule has 1 amide bonds. The Morgan fingerprint density at radius 3 is 2.56 bits per heavy atom. The van der Waals surface area contributed by atoms with Gasteiger partial charge in [-0.1, -0.05) is 25.3 Å². The highest BCUT2D eigenvalue weighted by Crippen LogP contribution is 2.20. The van der Waals surface area contributed by atoms with Crippen LogP contribution >= 0.6 is 0 Å². The van der Waals surface area contributed by atoms with Crippen molar-refractivity contribution in [3.05, 3.63) is 34.9 Å². The average molecular weight is 253 g/mol. The Hall–Kier alpha value is -1.45. The molecule has 1 aliphatic carbocycles. The monoisotopic (exact) mass is 253 g/mol. The van der Waals surface area contributed by atoms with E-state index in [2.05, 4.69) is 5.32 Å². The molecule has 1 fully saturated rings. The van der Waals surface area contributed by atoms with E-state index in [1.54, 1.807) is 0 Å². The smallest absolute Gasteiger partial charge is 0.257 e. The highest BCUT2D eigenvalue weighted by Gasteiger charge is 2.22. The lowest BCUT2D eigenvalue weighted by Crippen LogP contribution is -2.37. The first-order valence-electron chi connectivity index (χ1n) is 6.35. The van der Waals surface area contributed by atoms with E-state index in [1.807, 2.05) is 0 Å². The maximum atomic E-state index is 13.8. The molecular formula is C14H17F2NO. The molecule has 0 unspecified atom stereocenters. The molecule has 18 heavy (non-hydrogen) atoms. The van der Waals surface area contributed by atoms with Crippen molar-refractivity contribution >= 4 is 5.91 Å². The van der Waals surface area contributed by atoms with E-state index in [4.69, 9.17) is 0 Å². The molecular weight excluding hydrogens is 236 g/mol. The van der Waals surface area contributed by atoms with Crippen LogP contribution in [0, 0.1) is 18.6 Å². The summed E-state index contributed by atoms with van der Waals surface area (Å²) in [7, 11) is 0. The first-order valence-corrected chi connectivity index (χ1v) is 6.35. The summed E-state index contributed by atoms with van der Waals surface area (Å²) in [4.78, 5) is 11.9. The van der Waals surface area contributed by atoms with E-state index in [0.717, 1.165) is 31.7 Å². The van der Waals surface area contributed by atoms with Crippen LogP contribution in [0.2, 0.25) is 0 Å². The van der Waals surface area contributed by atoms with Gasteiger partial charge in [0, 0.05) is 6.04 Å². The van der Waals surface area contributed by atoms with Crippen LogP contribution in [0.15, 0.2) is 12.1 Å². The Balaban J connectivity index is 2.15. The molecule has 0 saturated heterocycles. The van der Waals surface area contributed by atoms with Gasteiger partial charge in [-0.3, -0.25) is 4.79 Å². The Morgan fingerprint density at radius 1 is 1.22 bits per heavy atom. The number of carbonyl (C=O) groups excluding carboxylic acids is 1. The van der Waals surface area contributed by atoms with Crippen LogP contribution in [0.3, 0.4) is 0 Å². The van der Waals surface area contributed by atoms with Crippen molar-refractivity contribution in [2.45, 2.75) is 45.1 Å². The Labute approximate surface area is 105 Å². The second-order valence-corrected chi connectivity index (χ2v) is 4.86. The summed E-state index contributed by atoms with van der Waals surface area (Å²) in [6.07, 6.45) is 5.06. The van der Waals surface area contributed by atoms with Crippen molar-refractivity contribution in [1.82, 2.24) is 5.32 Å². The summed E-state index contributed by atoms with van der Waals surface area (Å²) in [5.74, 6) is -2.20. The van der Waals surface area contributed by atoms with E-state index >= 15 is 0 Å². The topological polar surface area (TPSA) is 29.1 Å². The highest BCUT2D eigenvalue weighted by molar-refractivity contribution is 5.95. The minimum absolute atomic E-state index is 0.0468. The standard InChI is InChI=1S/C14H17F2NO/c1-9-7-8-11(15)12(13(9)16)14(18)17-10-5-3-2-4-6-10/h7-8,10H,2-6H2,1H3,(H,17,18). The van der Waals surface area contributed by atoms with Crippen molar-refractivity contribution in [2.75, 3.05) is 0 Å². The lowest BCUT2D eigenvalue weighted by atomic mass is 9.95. The molecule has 1 aromatic rings. The zero-order valence-corrected chi connectivity index (χ0v) is 10.4. The molecule has 1 aliphatic rings. The molecule has 2 rings (SSSR count). The average Bonchev–Trinajstić information content (AvgIpc) is 2.36. The SMILES string of the molecule is Cc1ccc(F)c(C(=O)NC2CCCCC2)c1F. The molecule has 1 N–H and O–H groups in total. The Morgan fingerprint density at radius 2 is 1.89 bits per heavy atom. The number of aryl methyl sites for hydroxylation is 1. The van der Waals surface area contributed by atoms with E-state index in [1.165, 1.54) is 19.4 Å². The van der Waals surface area contributed by atoms with Crippen LogP contribution in [0.1, 0.15) is 48.0 Å². The number of rotatable bonds is 2. The number of hydrogen-bond acceptors (Lipinski definition) is 1. The van der Waals surface area contributed by atoms with Crippen LogP contribution < -0.4 is 5.32 Å². The van der Waals surface area contributed by atoms with Crippen molar-refractivity contribution < 1.29 is 13.6 Å². The maximum Gasteiger partial charge on any atom is 0.257 e. The summed E-state index contributed by atoms with van der Waals surface area (Å²) in [5.41, 5.74) is -0.175. The molecule has 0 heterocycles. The van der Waals surface area contributed by atoms with Gasteiger partial charge in [-0.05, 0) is 31.4 Å². The number of hydrogen-bond donors (Lipinski definition) is 1. The van der Waals surface area contributed by atoms with Crippen molar-refractivity contribution in [3.63, 3.8) is 0 Å². The highest BCUT2D eigenvalue weighted by atomic mass is 19.1. The van der Waals surface area contributed by atoms with Gasteiger partial charge in [0.15, 0.2) is 0 Å². The minimum atomic E-state index is -0.800. The molecule has 4 heteroatoms. The fraction of sp³-hybridized carbons (Fsp3) is 0.500. The van der Waals surface area contributed by atoms with Gasteiger partial charge >= 0.3 is 0 Å². The Kier molecular flexibility index (Phi) is 3.94. The van der Waals surface area contributed by atoms with Gasteiger partial charge in [0.2, 0.25) is 0 Å². The van der Waals surface area contributed by atoms with Gasteiger partial charge in [0.05, 0.1) is 0 Å². The van der Waals surface area contributed by atoms with Crippen LogP contribution in [-0.2, 0) is 0 Å². The third-order valence-corrected chi connectivity index (χ3v) is 3.45. The maximum absolute atomic E-state index is 13.8. The van der Waals surface area contributed by atoms with E-state index in [-0.39, 0.29) is 11.6 Å². The first-order chi connectivity index (χ1) is 8.59. The molecule has 0 aromatic heterocycles. The normalized spacial score (nSPS) is 16.6. The second kappa shape index (κ2) is 5.46. The van der Waals surface area contributed by atoms with Gasteiger partial charge in [-0.25, -0.2) is 8.78 Å². The van der Waals surface area contributed by atoms with Crippen LogP contribution in [0.5, 0.6) is 0 Å². The van der Waals surface area contributed by atoms with E-state index in [0.29, 0.717) is 0 Å². The fourth-order valence-corrected chi connectivity index (χ4v) is 2.37. The molecule has 1 saturated carbocycles. The summed E-state index contributed by atoms with van der Waals surface area (Å²) < 4.78 is 27.3. The predicted molar refractivity (Wildman–Crippen MR) is 65.4 cm³/mol. The van der Waals surface area contributed by atoms with Crippen molar-refractivity contribution in [3.8, 4) is 0 Å². The largest absolute Gasteiger partial charge is 0.349 e. The molecule has 0 spiro atoms. The molecule has 98 valence electrons. The van der Waals surface area contributed by atoms with Crippen LogP contribution in [-0.4, -0.2) is 11.9 Å². The van der Waals surface area contributed by atoms with Gasteiger partial charge in [-0.15, -0.1) is 0 Å². The predicted octanol–water partition coefficient (Wildman–Crippen LogP) is 3.34. The van der Waals surface area contributed by atoms with Gasteiger partial charge in [0.1, 0.15) is 17.2 Å². The lowest BCUT2D eigenvalue weighted by Gasteiger charge is -2.23. The number of nitrogens with one attached hydrogen (secondary N) is 1. The lowest BCUT2D eigenvalue weighted by molar-refractivity contribution is 0.0919. The molecule has 2 nitrogen and oxygen atoms in total. The number of benzene rings is 1. The summed E-state index contributed by atoms with van der Waals surface area (Å²) >= 11 is 0. The van der Waals surface area contributed by atoms with Crippen LogP contribution in [0.4, 0.5) is 8.78 Å². The van der Waals surface area contributed by atoms with Crippen molar-refractivity contribution in [1.29, 1.82) is 0 Å². The van der Waals surface area contributed by atoms with Crippen LogP contribution in [0.25, 0.3) is 0 Å². The summed E-state index contributed by atoms with van der Waals surface area (Å²) in [5, 5.41) is 2.73. The molecule has 0 aliphatic heterocycles. The third kappa shape index (κ3) is 2.68. The zero-order chi connectivity index (χ0) is 13.1. The number of amides is 1. The zero-order valence-electron chi connectivity index (χ0n) is 10.4. The van der Waals surface area contributed by atoms with Gasteiger partial charge in [-0.2, -0.15) is 0 Å². The molecule has 1 aromatic carbocycles. The minimum Gasteiger partial charge on any atom is -0.349 e. The van der Waals surface area contributed by atoms with E-state index in [9.17, 15) is 13.6 Å². The quantitative estimate of drug-likeness (QED) is 0.860. The van der Waals surface area contributed by atoms with E-state index < -0.39 is 23.1 Å². The number of halogens is 2. The first kappa shape index (κ1) is 13.0. The third-order valence-electron chi connectivity index (χ3n) is 3.45. The molecule has 0 atom stereocenters. The summed E-state index contributed by atoms with van der Waals surface area (Å²) in [6.45, 7) is 1.52. The fourth-order valence-electron chi connectivity index (χ4n) is 2.37. The number of carbonyl (C=O) groups is 1. The second-order valence-electron chi connectivity index (χ2n) is 4.86. The molecule has 0 bridgehead atoms. The van der Waals surface area contributed by atoms with Gasteiger partial charge in [0.25, 0.3) is 5.91 Å². The summed E-state index contributed by atoms with van der Waals surface area (Å²) in [6, 6.07) is 2.52. The van der Waals surface area contributed by atoms with Crippen molar-refractivity contribution in [2.24, 2.45) is 0 Å². The Bertz CT molecular complexity index is 453.